The van der Waals surface area contributed by atoms with E-state index in [1.54, 1.807) is 0 Å². The Bertz CT molecular complexity index is 446. The van der Waals surface area contributed by atoms with E-state index in [-0.39, 0.29) is 11.3 Å². The van der Waals surface area contributed by atoms with Gasteiger partial charge in [0.2, 0.25) is 0 Å². The Kier molecular flexibility index (Phi) is 9.28. The van der Waals surface area contributed by atoms with Crippen LogP contribution in [-0.4, -0.2) is 17.7 Å². The van der Waals surface area contributed by atoms with Gasteiger partial charge in [0.05, 0.1) is 12.2 Å². The van der Waals surface area contributed by atoms with Crippen molar-refractivity contribution in [2.45, 2.75) is 64.7 Å². The third-order valence-corrected chi connectivity index (χ3v) is 3.68. The van der Waals surface area contributed by atoms with E-state index in [0.717, 1.165) is 18.9 Å². The highest BCUT2D eigenvalue weighted by Crippen LogP contribution is 2.19. The minimum atomic E-state index is -1.13. The predicted octanol–water partition coefficient (Wildman–Crippen LogP) is 5.43. The van der Waals surface area contributed by atoms with Crippen LogP contribution in [0.15, 0.2) is 18.2 Å². The molecule has 0 unspecified atom stereocenters. The lowest BCUT2D eigenvalue weighted by molar-refractivity contribution is 0.0696. The summed E-state index contributed by atoms with van der Waals surface area (Å²) in [6, 6.07) is 3.73. The molecule has 3 nitrogen and oxygen atoms in total. The van der Waals surface area contributed by atoms with Crippen molar-refractivity contribution in [2.75, 3.05) is 6.61 Å². The molecule has 1 aromatic carbocycles. The third kappa shape index (κ3) is 7.43. The molecular weight excluding hydrogens is 283 g/mol. The number of hydrogen-bond acceptors (Lipinski definition) is 2. The van der Waals surface area contributed by atoms with Gasteiger partial charge in [-0.05, 0) is 24.6 Å². The number of ether oxygens (including phenoxy) is 1. The van der Waals surface area contributed by atoms with Crippen molar-refractivity contribution in [3.8, 4) is 5.75 Å². The number of unbranched alkanes of at least 4 members (excludes halogenated alkanes) is 8. The van der Waals surface area contributed by atoms with Crippen molar-refractivity contribution in [3.05, 3.63) is 29.6 Å². The Morgan fingerprint density at radius 3 is 2.18 bits per heavy atom. The standard InChI is InChI=1S/C18H27FO3/c1-2-3-4-5-6-7-8-9-10-13-22-17-12-11-15(18(20)21)14-16(17)19/h11-12,14H,2-10,13H2,1H3,(H,20,21). The molecule has 0 atom stereocenters. The van der Waals surface area contributed by atoms with Crippen molar-refractivity contribution >= 4 is 5.97 Å². The van der Waals surface area contributed by atoms with Gasteiger partial charge in [-0.15, -0.1) is 0 Å². The van der Waals surface area contributed by atoms with Gasteiger partial charge in [0, 0.05) is 0 Å². The van der Waals surface area contributed by atoms with E-state index in [1.807, 2.05) is 0 Å². The molecule has 0 fully saturated rings. The number of halogens is 1. The molecule has 0 amide bonds. The number of benzene rings is 1. The molecule has 0 radical (unpaired) electrons. The van der Waals surface area contributed by atoms with Gasteiger partial charge < -0.3 is 9.84 Å². The monoisotopic (exact) mass is 310 g/mol. The molecule has 0 aliphatic heterocycles. The number of carboxylic acid groups (broad SMARTS) is 1. The summed E-state index contributed by atoms with van der Waals surface area (Å²) >= 11 is 0. The summed E-state index contributed by atoms with van der Waals surface area (Å²) < 4.78 is 19.0. The zero-order valence-corrected chi connectivity index (χ0v) is 13.4. The lowest BCUT2D eigenvalue weighted by Gasteiger charge is -2.07. The SMILES string of the molecule is CCCCCCCCCCCOc1ccc(C(=O)O)cc1F. The Balaban J connectivity index is 2.09. The van der Waals surface area contributed by atoms with Crippen LogP contribution < -0.4 is 4.74 Å². The van der Waals surface area contributed by atoms with Gasteiger partial charge in [0.25, 0.3) is 0 Å². The Morgan fingerprint density at radius 1 is 1.05 bits per heavy atom. The number of carboxylic acids is 1. The van der Waals surface area contributed by atoms with Crippen LogP contribution in [0.3, 0.4) is 0 Å². The molecule has 0 bridgehead atoms. The molecule has 0 saturated heterocycles. The third-order valence-electron chi connectivity index (χ3n) is 3.68. The summed E-state index contributed by atoms with van der Waals surface area (Å²) in [4.78, 5) is 10.7. The number of rotatable bonds is 12. The van der Waals surface area contributed by atoms with Gasteiger partial charge in [-0.25, -0.2) is 9.18 Å². The largest absolute Gasteiger partial charge is 0.491 e. The lowest BCUT2D eigenvalue weighted by Crippen LogP contribution is -2.02. The van der Waals surface area contributed by atoms with E-state index in [9.17, 15) is 9.18 Å². The molecule has 0 aliphatic rings. The van der Waals surface area contributed by atoms with E-state index >= 15 is 0 Å². The zero-order chi connectivity index (χ0) is 16.2. The van der Waals surface area contributed by atoms with Crippen LogP contribution in [0.2, 0.25) is 0 Å². The van der Waals surface area contributed by atoms with Gasteiger partial charge in [0.1, 0.15) is 0 Å². The molecule has 0 heterocycles. The number of aromatic carboxylic acids is 1. The molecule has 0 saturated carbocycles. The summed E-state index contributed by atoms with van der Waals surface area (Å²) in [5, 5.41) is 8.76. The molecule has 0 aromatic heterocycles. The minimum Gasteiger partial charge on any atom is -0.491 e. The maximum absolute atomic E-state index is 13.6. The van der Waals surface area contributed by atoms with Crippen LogP contribution in [0, 0.1) is 5.82 Å². The van der Waals surface area contributed by atoms with Gasteiger partial charge in [-0.2, -0.15) is 0 Å². The topological polar surface area (TPSA) is 46.5 Å². The lowest BCUT2D eigenvalue weighted by atomic mass is 10.1. The summed E-state index contributed by atoms with van der Waals surface area (Å²) in [5.74, 6) is -1.62. The molecular formula is C18H27FO3. The molecule has 22 heavy (non-hydrogen) atoms. The van der Waals surface area contributed by atoms with E-state index < -0.39 is 11.8 Å². The maximum Gasteiger partial charge on any atom is 0.335 e. The highest BCUT2D eigenvalue weighted by atomic mass is 19.1. The summed E-state index contributed by atoms with van der Waals surface area (Å²) in [6.45, 7) is 2.69. The minimum absolute atomic E-state index is 0.0621. The van der Waals surface area contributed by atoms with Crippen LogP contribution in [0.1, 0.15) is 75.1 Å². The first kappa shape index (κ1) is 18.5. The molecule has 124 valence electrons. The first-order valence-corrected chi connectivity index (χ1v) is 8.30. The van der Waals surface area contributed by atoms with Crippen molar-refractivity contribution in [2.24, 2.45) is 0 Å². The van der Waals surface area contributed by atoms with Crippen LogP contribution in [0.5, 0.6) is 5.75 Å². The second kappa shape index (κ2) is 11.0. The van der Waals surface area contributed by atoms with Gasteiger partial charge in [-0.1, -0.05) is 58.3 Å². The fourth-order valence-corrected chi connectivity index (χ4v) is 2.35. The molecule has 1 rings (SSSR count). The van der Waals surface area contributed by atoms with Gasteiger partial charge in [-0.3, -0.25) is 0 Å². The van der Waals surface area contributed by atoms with Crippen LogP contribution >= 0.6 is 0 Å². The molecule has 4 heteroatoms. The Morgan fingerprint density at radius 2 is 1.64 bits per heavy atom. The van der Waals surface area contributed by atoms with Crippen molar-refractivity contribution in [1.82, 2.24) is 0 Å². The van der Waals surface area contributed by atoms with Crippen molar-refractivity contribution < 1.29 is 19.0 Å². The first-order chi connectivity index (χ1) is 10.6. The second-order valence-electron chi connectivity index (χ2n) is 5.63. The summed E-state index contributed by atoms with van der Waals surface area (Å²) in [7, 11) is 0. The predicted molar refractivity (Wildman–Crippen MR) is 86.1 cm³/mol. The average molecular weight is 310 g/mol. The Hall–Kier alpha value is -1.58. The van der Waals surface area contributed by atoms with Crippen LogP contribution in [0.25, 0.3) is 0 Å². The summed E-state index contributed by atoms with van der Waals surface area (Å²) in [6.07, 6.45) is 11.0. The average Bonchev–Trinajstić information content (AvgIpc) is 2.50. The maximum atomic E-state index is 13.6. The van der Waals surface area contributed by atoms with E-state index in [0.29, 0.717) is 6.61 Å². The molecule has 0 aliphatic carbocycles. The molecule has 1 N–H and O–H groups in total. The quantitative estimate of drug-likeness (QED) is 0.523. The molecule has 0 spiro atoms. The fourth-order valence-electron chi connectivity index (χ4n) is 2.35. The van der Waals surface area contributed by atoms with Crippen molar-refractivity contribution in [3.63, 3.8) is 0 Å². The summed E-state index contributed by atoms with van der Waals surface area (Å²) in [5.41, 5.74) is -0.0621. The van der Waals surface area contributed by atoms with Crippen LogP contribution in [0.4, 0.5) is 4.39 Å². The van der Waals surface area contributed by atoms with E-state index in [1.165, 1.54) is 57.1 Å². The fraction of sp³-hybridized carbons (Fsp3) is 0.611. The highest BCUT2D eigenvalue weighted by Gasteiger charge is 2.08. The first-order valence-electron chi connectivity index (χ1n) is 8.30. The number of carbonyl (C=O) groups is 1. The van der Waals surface area contributed by atoms with Gasteiger partial charge in [0.15, 0.2) is 11.6 Å². The van der Waals surface area contributed by atoms with Crippen molar-refractivity contribution in [1.29, 1.82) is 0 Å². The van der Waals surface area contributed by atoms with Gasteiger partial charge >= 0.3 is 5.97 Å². The van der Waals surface area contributed by atoms with E-state index in [2.05, 4.69) is 6.92 Å². The highest BCUT2D eigenvalue weighted by molar-refractivity contribution is 5.87. The van der Waals surface area contributed by atoms with Crippen LogP contribution in [-0.2, 0) is 0 Å². The molecule has 1 aromatic rings. The second-order valence-corrected chi connectivity index (χ2v) is 5.63. The normalized spacial score (nSPS) is 10.6. The van der Waals surface area contributed by atoms with E-state index in [4.69, 9.17) is 9.84 Å². The zero-order valence-electron chi connectivity index (χ0n) is 13.4. The number of hydrogen-bond donors (Lipinski definition) is 1. The smallest absolute Gasteiger partial charge is 0.335 e. The Labute approximate surface area is 132 Å².